The molecule has 3 aromatic rings. The first-order valence-electron chi connectivity index (χ1n) is 8.79. The number of rotatable bonds is 5. The zero-order valence-corrected chi connectivity index (χ0v) is 15.8. The van der Waals surface area contributed by atoms with Gasteiger partial charge in [0.15, 0.2) is 5.65 Å². The van der Waals surface area contributed by atoms with E-state index < -0.39 is 11.2 Å². The van der Waals surface area contributed by atoms with Crippen LogP contribution in [0, 0.1) is 0 Å². The number of furan rings is 1. The van der Waals surface area contributed by atoms with E-state index in [0.29, 0.717) is 18.0 Å². The summed E-state index contributed by atoms with van der Waals surface area (Å²) in [6.45, 7) is 6.26. The van der Waals surface area contributed by atoms with Crippen LogP contribution in [0.1, 0.15) is 48.5 Å². The molecule has 8 nitrogen and oxygen atoms in total. The van der Waals surface area contributed by atoms with E-state index in [1.54, 1.807) is 32.2 Å². The summed E-state index contributed by atoms with van der Waals surface area (Å²) < 4.78 is 6.66. The van der Waals surface area contributed by atoms with Crippen LogP contribution >= 0.6 is 0 Å². The van der Waals surface area contributed by atoms with Gasteiger partial charge in [-0.2, -0.15) is 0 Å². The Morgan fingerprint density at radius 2 is 2.11 bits per heavy atom. The second-order valence-electron chi connectivity index (χ2n) is 6.69. The van der Waals surface area contributed by atoms with Crippen LogP contribution < -0.4 is 11.2 Å². The minimum Gasteiger partial charge on any atom is -0.467 e. The maximum Gasteiger partial charge on any atom is 0.329 e. The summed E-state index contributed by atoms with van der Waals surface area (Å²) in [5, 5.41) is 0.122. The van der Waals surface area contributed by atoms with Crippen molar-refractivity contribution in [3.63, 3.8) is 0 Å². The highest BCUT2D eigenvalue weighted by Gasteiger charge is 2.22. The van der Waals surface area contributed by atoms with Gasteiger partial charge in [-0.1, -0.05) is 13.8 Å². The summed E-state index contributed by atoms with van der Waals surface area (Å²) in [4.78, 5) is 46.0. The number of hydrogen-bond acceptors (Lipinski definition) is 5. The van der Waals surface area contributed by atoms with Gasteiger partial charge in [-0.3, -0.25) is 19.1 Å². The number of aromatic nitrogens is 3. The largest absolute Gasteiger partial charge is 0.467 e. The molecule has 3 heterocycles. The van der Waals surface area contributed by atoms with E-state index >= 15 is 0 Å². The molecule has 1 N–H and O–H groups in total. The van der Waals surface area contributed by atoms with E-state index in [9.17, 15) is 14.4 Å². The molecule has 0 bridgehead atoms. The lowest BCUT2D eigenvalue weighted by atomic mass is 10.0. The zero-order chi connectivity index (χ0) is 19.7. The van der Waals surface area contributed by atoms with E-state index in [4.69, 9.17) is 4.42 Å². The summed E-state index contributed by atoms with van der Waals surface area (Å²) in [5.41, 5.74) is -0.0548. The third-order valence-corrected chi connectivity index (χ3v) is 4.43. The van der Waals surface area contributed by atoms with Crippen molar-refractivity contribution in [2.45, 2.75) is 39.8 Å². The monoisotopic (exact) mass is 370 g/mol. The Hall–Kier alpha value is -3.16. The molecule has 0 saturated carbocycles. The quantitative estimate of drug-likeness (QED) is 0.741. The lowest BCUT2D eigenvalue weighted by Crippen LogP contribution is -2.33. The first-order chi connectivity index (χ1) is 12.8. The Labute approximate surface area is 155 Å². The number of aromatic amines is 1. The number of pyridine rings is 1. The molecule has 27 heavy (non-hydrogen) atoms. The average Bonchev–Trinajstić information content (AvgIpc) is 3.13. The average molecular weight is 370 g/mol. The summed E-state index contributed by atoms with van der Waals surface area (Å²) in [7, 11) is 1.64. The molecule has 0 atom stereocenters. The Morgan fingerprint density at radius 1 is 1.37 bits per heavy atom. The third kappa shape index (κ3) is 3.42. The predicted molar refractivity (Wildman–Crippen MR) is 101 cm³/mol. The van der Waals surface area contributed by atoms with Crippen molar-refractivity contribution in [2.24, 2.45) is 0 Å². The lowest BCUT2D eigenvalue weighted by Gasteiger charge is -2.19. The van der Waals surface area contributed by atoms with Crippen molar-refractivity contribution < 1.29 is 9.21 Å². The number of carbonyl (C=O) groups excluding carboxylic acids is 1. The second kappa shape index (κ2) is 7.22. The number of fused-ring (bicyclic) bond motifs is 1. The van der Waals surface area contributed by atoms with Gasteiger partial charge < -0.3 is 9.32 Å². The molecule has 3 aromatic heterocycles. The van der Waals surface area contributed by atoms with Gasteiger partial charge in [-0.05, 0) is 31.0 Å². The van der Waals surface area contributed by atoms with E-state index in [2.05, 4.69) is 9.97 Å². The first-order valence-corrected chi connectivity index (χ1v) is 8.79. The maximum atomic E-state index is 13.1. The first kappa shape index (κ1) is 18.6. The van der Waals surface area contributed by atoms with Gasteiger partial charge in [-0.15, -0.1) is 0 Å². The minimum absolute atomic E-state index is 0.0241. The molecule has 0 unspecified atom stereocenters. The van der Waals surface area contributed by atoms with Crippen LogP contribution in [-0.4, -0.2) is 32.4 Å². The van der Waals surface area contributed by atoms with Gasteiger partial charge in [0.2, 0.25) is 0 Å². The molecule has 3 rings (SSSR count). The van der Waals surface area contributed by atoms with Crippen molar-refractivity contribution in [2.75, 3.05) is 7.05 Å². The van der Waals surface area contributed by atoms with Crippen molar-refractivity contribution in [1.29, 1.82) is 0 Å². The molecule has 1 amide bonds. The van der Waals surface area contributed by atoms with E-state index in [0.717, 1.165) is 0 Å². The number of nitrogens with one attached hydrogen (secondary N) is 1. The highest BCUT2D eigenvalue weighted by atomic mass is 16.3. The molecule has 0 fully saturated rings. The third-order valence-electron chi connectivity index (χ3n) is 4.43. The standard InChI is InChI=1S/C19H22N4O4/c1-5-23-16-15(17(24)21-19(23)26)13(9-14(20-16)11(2)3)18(25)22(4)10-12-7-6-8-27-12/h6-9,11H,5,10H2,1-4H3,(H,21,24,26). The van der Waals surface area contributed by atoms with E-state index in [1.807, 2.05) is 13.8 Å². The number of hydrogen-bond donors (Lipinski definition) is 1. The zero-order valence-electron chi connectivity index (χ0n) is 15.8. The lowest BCUT2D eigenvalue weighted by molar-refractivity contribution is 0.0777. The molecule has 0 aliphatic heterocycles. The number of nitrogens with zero attached hydrogens (tertiary/aromatic N) is 3. The molecular formula is C19H22N4O4. The summed E-state index contributed by atoms with van der Waals surface area (Å²) in [6, 6.07) is 5.15. The van der Waals surface area contributed by atoms with Gasteiger partial charge in [0.05, 0.1) is 23.8 Å². The fourth-order valence-corrected chi connectivity index (χ4v) is 2.96. The normalized spacial score (nSPS) is 11.3. The summed E-state index contributed by atoms with van der Waals surface area (Å²) in [6.07, 6.45) is 1.54. The number of amides is 1. The topological polar surface area (TPSA) is 101 Å². The van der Waals surface area contributed by atoms with Crippen LogP contribution in [0.15, 0.2) is 38.5 Å². The second-order valence-corrected chi connectivity index (χ2v) is 6.69. The minimum atomic E-state index is -0.614. The predicted octanol–water partition coefficient (Wildman–Crippen LogP) is 2.09. The highest BCUT2D eigenvalue weighted by Crippen LogP contribution is 2.21. The fraction of sp³-hybridized carbons (Fsp3) is 0.368. The van der Waals surface area contributed by atoms with Gasteiger partial charge in [0, 0.05) is 19.3 Å². The van der Waals surface area contributed by atoms with Crippen LogP contribution in [-0.2, 0) is 13.1 Å². The number of H-pyrrole nitrogens is 1. The van der Waals surface area contributed by atoms with Gasteiger partial charge in [0.1, 0.15) is 5.76 Å². The molecule has 142 valence electrons. The van der Waals surface area contributed by atoms with Gasteiger partial charge >= 0.3 is 5.69 Å². The molecule has 0 saturated heterocycles. The molecule has 0 aliphatic rings. The number of carbonyl (C=O) groups is 1. The Morgan fingerprint density at radius 3 is 2.70 bits per heavy atom. The van der Waals surface area contributed by atoms with Crippen molar-refractivity contribution in [1.82, 2.24) is 19.4 Å². The van der Waals surface area contributed by atoms with Gasteiger partial charge in [0.25, 0.3) is 11.5 Å². The van der Waals surface area contributed by atoms with E-state index in [-0.39, 0.29) is 35.0 Å². The molecule has 0 aromatic carbocycles. The van der Waals surface area contributed by atoms with Crippen molar-refractivity contribution >= 4 is 16.9 Å². The maximum absolute atomic E-state index is 13.1. The van der Waals surface area contributed by atoms with Crippen LogP contribution in [0.2, 0.25) is 0 Å². The molecular weight excluding hydrogens is 348 g/mol. The SMILES string of the molecule is CCn1c(=O)[nH]c(=O)c2c(C(=O)N(C)Cc3ccco3)cc(C(C)C)nc21. The van der Waals surface area contributed by atoms with E-state index in [1.165, 1.54) is 15.7 Å². The summed E-state index contributed by atoms with van der Waals surface area (Å²) >= 11 is 0. The van der Waals surface area contributed by atoms with Crippen molar-refractivity contribution in [3.05, 3.63) is 62.3 Å². The van der Waals surface area contributed by atoms with Crippen molar-refractivity contribution in [3.8, 4) is 0 Å². The fourth-order valence-electron chi connectivity index (χ4n) is 2.96. The van der Waals surface area contributed by atoms with Crippen LogP contribution in [0.25, 0.3) is 11.0 Å². The molecule has 0 radical (unpaired) electrons. The Kier molecular flexibility index (Phi) is 4.98. The van der Waals surface area contributed by atoms with Crippen LogP contribution in [0.5, 0.6) is 0 Å². The number of aryl methyl sites for hydroxylation is 1. The Balaban J connectivity index is 2.23. The molecule has 0 spiro atoms. The molecule has 0 aliphatic carbocycles. The smallest absolute Gasteiger partial charge is 0.329 e. The molecule has 8 heteroatoms. The summed E-state index contributed by atoms with van der Waals surface area (Å²) in [5.74, 6) is 0.316. The van der Waals surface area contributed by atoms with Crippen LogP contribution in [0.4, 0.5) is 0 Å². The highest BCUT2D eigenvalue weighted by molar-refractivity contribution is 6.05. The van der Waals surface area contributed by atoms with Gasteiger partial charge in [-0.25, -0.2) is 9.78 Å². The van der Waals surface area contributed by atoms with Crippen LogP contribution in [0.3, 0.4) is 0 Å². The Bertz CT molecular complexity index is 1090.